The van der Waals surface area contributed by atoms with Crippen LogP contribution in [0.2, 0.25) is 0 Å². The molecule has 0 aliphatic rings. The first-order valence-electron chi connectivity index (χ1n) is 7.20. The third-order valence-corrected chi connectivity index (χ3v) is 3.86. The Kier molecular flexibility index (Phi) is 5.62. The Morgan fingerprint density at radius 1 is 1.20 bits per heavy atom. The normalized spacial score (nSPS) is 12.6. The third-order valence-electron chi connectivity index (χ3n) is 3.13. The summed E-state index contributed by atoms with van der Waals surface area (Å²) in [4.78, 5) is 0. The van der Waals surface area contributed by atoms with Crippen LogP contribution in [0.1, 0.15) is 37.9 Å². The van der Waals surface area contributed by atoms with Gasteiger partial charge in [0.05, 0.1) is 6.10 Å². The van der Waals surface area contributed by atoms with Crippen molar-refractivity contribution in [2.45, 2.75) is 39.3 Å². The second-order valence-corrected chi connectivity index (χ2v) is 5.93. The zero-order valence-electron chi connectivity index (χ0n) is 12.4. The van der Waals surface area contributed by atoms with E-state index < -0.39 is 0 Å². The molecule has 0 saturated carbocycles. The molecular formula is C17H23NOS. The molecule has 0 saturated heterocycles. The fourth-order valence-corrected chi connectivity index (χ4v) is 2.99. The van der Waals surface area contributed by atoms with E-state index in [1.807, 2.05) is 6.07 Å². The van der Waals surface area contributed by atoms with Gasteiger partial charge in [0.25, 0.3) is 0 Å². The molecule has 2 aromatic rings. The number of benzene rings is 1. The summed E-state index contributed by atoms with van der Waals surface area (Å²) in [6.07, 6.45) is 1.19. The van der Waals surface area contributed by atoms with E-state index in [1.54, 1.807) is 11.3 Å². The highest BCUT2D eigenvalue weighted by atomic mass is 32.1. The van der Waals surface area contributed by atoms with Gasteiger partial charge in [-0.15, -0.1) is 0 Å². The molecule has 108 valence electrons. The van der Waals surface area contributed by atoms with Crippen molar-refractivity contribution in [2.75, 3.05) is 6.54 Å². The lowest BCUT2D eigenvalue weighted by Gasteiger charge is -2.22. The standard InChI is InChI=1S/C17H23NOS/c1-4-18-16(11-14-9-10-20-12-14)15-7-5-6-8-17(15)19-13(2)3/h5-10,12-13,16,18H,4,11H2,1-3H3. The third kappa shape index (κ3) is 4.09. The van der Waals surface area contributed by atoms with Crippen molar-refractivity contribution in [3.63, 3.8) is 0 Å². The fraction of sp³-hybridized carbons (Fsp3) is 0.412. The summed E-state index contributed by atoms with van der Waals surface area (Å²) < 4.78 is 5.95. The van der Waals surface area contributed by atoms with Crippen molar-refractivity contribution < 1.29 is 4.74 Å². The molecule has 1 heterocycles. The van der Waals surface area contributed by atoms with E-state index in [0.29, 0.717) is 6.04 Å². The van der Waals surface area contributed by atoms with E-state index in [0.717, 1.165) is 18.7 Å². The summed E-state index contributed by atoms with van der Waals surface area (Å²) in [5, 5.41) is 7.93. The second-order valence-electron chi connectivity index (χ2n) is 5.15. The maximum atomic E-state index is 5.95. The van der Waals surface area contributed by atoms with Gasteiger partial charge in [-0.05, 0) is 55.3 Å². The van der Waals surface area contributed by atoms with Gasteiger partial charge >= 0.3 is 0 Å². The monoisotopic (exact) mass is 289 g/mol. The summed E-state index contributed by atoms with van der Waals surface area (Å²) in [5.41, 5.74) is 2.62. The minimum atomic E-state index is 0.194. The summed E-state index contributed by atoms with van der Waals surface area (Å²) in [6.45, 7) is 7.23. The Bertz CT molecular complexity index is 507. The maximum Gasteiger partial charge on any atom is 0.124 e. The quantitative estimate of drug-likeness (QED) is 0.814. The van der Waals surface area contributed by atoms with E-state index in [1.165, 1.54) is 11.1 Å². The van der Waals surface area contributed by atoms with Crippen molar-refractivity contribution in [3.05, 3.63) is 52.2 Å². The molecule has 1 atom stereocenters. The van der Waals surface area contributed by atoms with Crippen LogP contribution in [-0.4, -0.2) is 12.6 Å². The molecule has 0 aliphatic carbocycles. The van der Waals surface area contributed by atoms with Gasteiger partial charge in [-0.1, -0.05) is 25.1 Å². The number of rotatable bonds is 7. The van der Waals surface area contributed by atoms with Gasteiger partial charge in [0.15, 0.2) is 0 Å². The number of nitrogens with one attached hydrogen (secondary N) is 1. The topological polar surface area (TPSA) is 21.3 Å². The summed E-state index contributed by atoms with van der Waals surface area (Å²) in [6, 6.07) is 10.8. The number of thiophene rings is 1. The van der Waals surface area contributed by atoms with E-state index in [4.69, 9.17) is 4.74 Å². The highest BCUT2D eigenvalue weighted by molar-refractivity contribution is 7.07. The van der Waals surface area contributed by atoms with Crippen LogP contribution in [0.5, 0.6) is 5.75 Å². The highest BCUT2D eigenvalue weighted by Gasteiger charge is 2.16. The first-order valence-corrected chi connectivity index (χ1v) is 8.15. The Hall–Kier alpha value is -1.32. The van der Waals surface area contributed by atoms with Crippen LogP contribution in [0, 0.1) is 0 Å². The Morgan fingerprint density at radius 3 is 2.65 bits per heavy atom. The predicted octanol–water partition coefficient (Wildman–Crippen LogP) is 4.43. The van der Waals surface area contributed by atoms with Gasteiger partial charge < -0.3 is 10.1 Å². The fourth-order valence-electron chi connectivity index (χ4n) is 2.31. The minimum absolute atomic E-state index is 0.194. The van der Waals surface area contributed by atoms with Crippen LogP contribution in [0.15, 0.2) is 41.1 Å². The molecule has 20 heavy (non-hydrogen) atoms. The molecule has 0 amide bonds. The average Bonchev–Trinajstić information content (AvgIpc) is 2.91. The van der Waals surface area contributed by atoms with Gasteiger partial charge in [0.2, 0.25) is 0 Å². The van der Waals surface area contributed by atoms with Crippen LogP contribution in [0.3, 0.4) is 0 Å². The highest BCUT2D eigenvalue weighted by Crippen LogP contribution is 2.29. The molecule has 0 radical (unpaired) electrons. The van der Waals surface area contributed by atoms with Gasteiger partial charge in [-0.25, -0.2) is 0 Å². The smallest absolute Gasteiger partial charge is 0.124 e. The number of para-hydroxylation sites is 1. The summed E-state index contributed by atoms with van der Waals surface area (Å²) >= 11 is 1.75. The first kappa shape index (κ1) is 15.1. The van der Waals surface area contributed by atoms with Crippen LogP contribution in [0.25, 0.3) is 0 Å². The number of likely N-dealkylation sites (N-methyl/N-ethyl adjacent to an activating group) is 1. The van der Waals surface area contributed by atoms with Crippen LogP contribution in [-0.2, 0) is 6.42 Å². The van der Waals surface area contributed by atoms with E-state index in [2.05, 4.69) is 61.1 Å². The molecule has 3 heteroatoms. The molecule has 0 spiro atoms. The van der Waals surface area contributed by atoms with E-state index in [-0.39, 0.29) is 6.10 Å². The van der Waals surface area contributed by atoms with Crippen LogP contribution >= 0.6 is 11.3 Å². The van der Waals surface area contributed by atoms with Gasteiger partial charge in [-0.3, -0.25) is 0 Å². The summed E-state index contributed by atoms with van der Waals surface area (Å²) in [7, 11) is 0. The molecule has 0 bridgehead atoms. The first-order chi connectivity index (χ1) is 9.70. The number of ether oxygens (including phenoxy) is 1. The molecule has 1 aromatic heterocycles. The molecule has 1 N–H and O–H groups in total. The van der Waals surface area contributed by atoms with Gasteiger partial charge in [0.1, 0.15) is 5.75 Å². The molecule has 0 fully saturated rings. The molecule has 2 nitrogen and oxygen atoms in total. The zero-order chi connectivity index (χ0) is 14.4. The van der Waals surface area contributed by atoms with Crippen molar-refractivity contribution in [1.82, 2.24) is 5.32 Å². The van der Waals surface area contributed by atoms with Crippen molar-refractivity contribution in [2.24, 2.45) is 0 Å². The molecule has 0 aliphatic heterocycles. The van der Waals surface area contributed by atoms with E-state index in [9.17, 15) is 0 Å². The lowest BCUT2D eigenvalue weighted by molar-refractivity contribution is 0.237. The average molecular weight is 289 g/mol. The lowest BCUT2D eigenvalue weighted by Crippen LogP contribution is -2.24. The van der Waals surface area contributed by atoms with Gasteiger partial charge in [-0.2, -0.15) is 11.3 Å². The molecule has 1 unspecified atom stereocenters. The zero-order valence-corrected chi connectivity index (χ0v) is 13.2. The maximum absolute atomic E-state index is 5.95. The van der Waals surface area contributed by atoms with Crippen molar-refractivity contribution >= 4 is 11.3 Å². The Morgan fingerprint density at radius 2 is 2.00 bits per heavy atom. The molecular weight excluding hydrogens is 266 g/mol. The molecule has 1 aromatic carbocycles. The predicted molar refractivity (Wildman–Crippen MR) is 86.6 cm³/mol. The minimum Gasteiger partial charge on any atom is -0.491 e. The Balaban J connectivity index is 2.24. The van der Waals surface area contributed by atoms with Gasteiger partial charge in [0, 0.05) is 11.6 Å². The second kappa shape index (κ2) is 7.46. The van der Waals surface area contributed by atoms with Crippen LogP contribution in [0.4, 0.5) is 0 Å². The van der Waals surface area contributed by atoms with Crippen molar-refractivity contribution in [1.29, 1.82) is 0 Å². The Labute approximate surface area is 125 Å². The summed E-state index contributed by atoms with van der Waals surface area (Å²) in [5.74, 6) is 0.990. The van der Waals surface area contributed by atoms with E-state index >= 15 is 0 Å². The lowest BCUT2D eigenvalue weighted by atomic mass is 9.99. The van der Waals surface area contributed by atoms with Crippen molar-refractivity contribution in [3.8, 4) is 5.75 Å². The number of hydrogen-bond acceptors (Lipinski definition) is 3. The SMILES string of the molecule is CCNC(Cc1ccsc1)c1ccccc1OC(C)C. The molecule has 2 rings (SSSR count). The largest absolute Gasteiger partial charge is 0.491 e. The number of hydrogen-bond donors (Lipinski definition) is 1. The van der Waals surface area contributed by atoms with Crippen LogP contribution < -0.4 is 10.1 Å².